The van der Waals surface area contributed by atoms with E-state index < -0.39 is 0 Å². The highest BCUT2D eigenvalue weighted by Crippen LogP contribution is 2.22. The van der Waals surface area contributed by atoms with E-state index in [0.29, 0.717) is 0 Å². The molecule has 88 valence electrons. The second-order valence-corrected chi connectivity index (χ2v) is 5.82. The van der Waals surface area contributed by atoms with Crippen molar-refractivity contribution in [2.75, 3.05) is 12.4 Å². The highest BCUT2D eigenvalue weighted by atomic mass is 32.2. The molecule has 1 heterocycles. The van der Waals surface area contributed by atoms with Gasteiger partial charge in [-0.15, -0.1) is 11.3 Å². The van der Waals surface area contributed by atoms with Gasteiger partial charge >= 0.3 is 0 Å². The molecule has 1 rings (SSSR count). The quantitative estimate of drug-likeness (QED) is 0.813. The summed E-state index contributed by atoms with van der Waals surface area (Å²) in [6, 6.07) is 2.12. The third kappa shape index (κ3) is 5.07. The van der Waals surface area contributed by atoms with Crippen molar-refractivity contribution in [2.45, 2.75) is 26.0 Å². The Morgan fingerprint density at radius 2 is 2.38 bits per heavy atom. The zero-order valence-corrected chi connectivity index (χ0v) is 11.5. The molecule has 0 spiro atoms. The summed E-state index contributed by atoms with van der Waals surface area (Å²) < 4.78 is 0. The molecule has 0 fully saturated rings. The van der Waals surface area contributed by atoms with Crippen molar-refractivity contribution in [3.63, 3.8) is 0 Å². The van der Waals surface area contributed by atoms with Gasteiger partial charge in [-0.1, -0.05) is 32.1 Å². The van der Waals surface area contributed by atoms with Gasteiger partial charge in [0.1, 0.15) is 6.61 Å². The number of thiophene rings is 1. The first-order valence-electron chi connectivity index (χ1n) is 5.51. The first kappa shape index (κ1) is 13.6. The van der Waals surface area contributed by atoms with E-state index in [0.717, 1.165) is 17.2 Å². The molecule has 1 N–H and O–H groups in total. The van der Waals surface area contributed by atoms with Gasteiger partial charge in [-0.25, -0.2) is 0 Å². The van der Waals surface area contributed by atoms with Crippen LogP contribution in [0, 0.1) is 17.8 Å². The van der Waals surface area contributed by atoms with Gasteiger partial charge in [0.25, 0.3) is 0 Å². The van der Waals surface area contributed by atoms with Gasteiger partial charge in [-0.3, -0.25) is 0 Å². The lowest BCUT2D eigenvalue weighted by Gasteiger charge is -2.06. The van der Waals surface area contributed by atoms with E-state index in [1.807, 2.05) is 11.8 Å². The highest BCUT2D eigenvalue weighted by Gasteiger charge is 2.01. The molecule has 0 radical (unpaired) electrons. The van der Waals surface area contributed by atoms with Crippen LogP contribution in [0.2, 0.25) is 0 Å². The fourth-order valence-corrected chi connectivity index (χ4v) is 3.30. The van der Waals surface area contributed by atoms with Crippen LogP contribution in [0.4, 0.5) is 0 Å². The van der Waals surface area contributed by atoms with Crippen molar-refractivity contribution in [2.24, 2.45) is 5.92 Å². The SMILES string of the molecule is CCC(C)CSCc1cc(C#CCO)cs1. The van der Waals surface area contributed by atoms with Gasteiger partial charge in [0.15, 0.2) is 0 Å². The smallest absolute Gasteiger partial charge is 0.104 e. The molecular formula is C13H18OS2. The molecule has 0 amide bonds. The molecular weight excluding hydrogens is 236 g/mol. The first-order valence-corrected chi connectivity index (χ1v) is 7.54. The van der Waals surface area contributed by atoms with Crippen molar-refractivity contribution < 1.29 is 5.11 Å². The van der Waals surface area contributed by atoms with E-state index in [1.54, 1.807) is 11.3 Å². The molecule has 1 atom stereocenters. The van der Waals surface area contributed by atoms with Crippen LogP contribution in [0.3, 0.4) is 0 Å². The van der Waals surface area contributed by atoms with E-state index in [1.165, 1.54) is 17.1 Å². The number of aliphatic hydroxyl groups is 1. The third-order valence-corrected chi connectivity index (χ3v) is 4.75. The Labute approximate surface area is 106 Å². The standard InChI is InChI=1S/C13H18OS2/c1-3-11(2)8-15-10-13-7-12(9-16-13)5-4-6-14/h7,9,11,14H,3,6,8,10H2,1-2H3. The zero-order chi connectivity index (χ0) is 11.8. The van der Waals surface area contributed by atoms with Crippen molar-refractivity contribution in [1.29, 1.82) is 0 Å². The van der Waals surface area contributed by atoms with E-state index in [9.17, 15) is 0 Å². The number of hydrogen-bond acceptors (Lipinski definition) is 3. The maximum absolute atomic E-state index is 8.59. The van der Waals surface area contributed by atoms with Crippen LogP contribution in [0.5, 0.6) is 0 Å². The fourth-order valence-electron chi connectivity index (χ4n) is 1.14. The summed E-state index contributed by atoms with van der Waals surface area (Å²) >= 11 is 3.74. The largest absolute Gasteiger partial charge is 0.384 e. The molecule has 0 bridgehead atoms. The summed E-state index contributed by atoms with van der Waals surface area (Å²) in [5, 5.41) is 10.6. The van der Waals surface area contributed by atoms with Gasteiger partial charge < -0.3 is 5.11 Å². The number of rotatable bonds is 5. The predicted molar refractivity (Wildman–Crippen MR) is 73.9 cm³/mol. The molecule has 1 unspecified atom stereocenters. The third-order valence-electron chi connectivity index (χ3n) is 2.31. The molecule has 1 aromatic heterocycles. The van der Waals surface area contributed by atoms with E-state index in [4.69, 9.17) is 5.11 Å². The van der Waals surface area contributed by atoms with E-state index >= 15 is 0 Å². The molecule has 0 aliphatic rings. The summed E-state index contributed by atoms with van der Waals surface area (Å²) in [6.45, 7) is 4.46. The molecule has 1 aromatic rings. The van der Waals surface area contributed by atoms with Crippen molar-refractivity contribution in [1.82, 2.24) is 0 Å². The number of hydrogen-bond donors (Lipinski definition) is 1. The lowest BCUT2D eigenvalue weighted by atomic mass is 10.2. The van der Waals surface area contributed by atoms with Gasteiger partial charge in [-0.2, -0.15) is 11.8 Å². The summed E-state index contributed by atoms with van der Waals surface area (Å²) in [7, 11) is 0. The molecule has 0 saturated carbocycles. The molecule has 0 aromatic carbocycles. The molecule has 0 aliphatic carbocycles. The monoisotopic (exact) mass is 254 g/mol. The van der Waals surface area contributed by atoms with Gasteiger partial charge in [0, 0.05) is 21.6 Å². The van der Waals surface area contributed by atoms with Crippen LogP contribution in [0.15, 0.2) is 11.4 Å². The van der Waals surface area contributed by atoms with E-state index in [2.05, 4.69) is 37.1 Å². The Balaban J connectivity index is 2.35. The van der Waals surface area contributed by atoms with Gasteiger partial charge in [0.05, 0.1) is 0 Å². The normalized spacial score (nSPS) is 11.9. The molecule has 3 heteroatoms. The number of thioether (sulfide) groups is 1. The Morgan fingerprint density at radius 1 is 1.56 bits per heavy atom. The summed E-state index contributed by atoms with van der Waals surface area (Å²) in [4.78, 5) is 1.37. The van der Waals surface area contributed by atoms with Crippen molar-refractivity contribution >= 4 is 23.1 Å². The first-order chi connectivity index (χ1) is 7.76. The average molecular weight is 254 g/mol. The molecule has 0 aliphatic heterocycles. The Morgan fingerprint density at radius 3 is 3.06 bits per heavy atom. The van der Waals surface area contributed by atoms with E-state index in [-0.39, 0.29) is 6.61 Å². The summed E-state index contributed by atoms with van der Waals surface area (Å²) in [6.07, 6.45) is 1.25. The Hall–Kier alpha value is -0.430. The Bertz CT molecular complexity index is 359. The average Bonchev–Trinajstić information content (AvgIpc) is 2.74. The van der Waals surface area contributed by atoms with Crippen LogP contribution >= 0.6 is 23.1 Å². The van der Waals surface area contributed by atoms with Crippen molar-refractivity contribution in [3.05, 3.63) is 21.9 Å². The lowest BCUT2D eigenvalue weighted by molar-refractivity contribution is 0.350. The zero-order valence-electron chi connectivity index (χ0n) is 9.82. The summed E-state index contributed by atoms with van der Waals surface area (Å²) in [5.74, 6) is 8.70. The molecule has 1 nitrogen and oxygen atoms in total. The highest BCUT2D eigenvalue weighted by molar-refractivity contribution is 7.98. The van der Waals surface area contributed by atoms with Crippen LogP contribution in [-0.4, -0.2) is 17.5 Å². The molecule has 16 heavy (non-hydrogen) atoms. The second-order valence-electron chi connectivity index (χ2n) is 3.79. The topological polar surface area (TPSA) is 20.2 Å². The maximum atomic E-state index is 8.59. The predicted octanol–water partition coefficient (Wildman–Crippen LogP) is 3.37. The summed E-state index contributed by atoms with van der Waals surface area (Å²) in [5.41, 5.74) is 1.03. The lowest BCUT2D eigenvalue weighted by Crippen LogP contribution is -1.95. The maximum Gasteiger partial charge on any atom is 0.104 e. The minimum Gasteiger partial charge on any atom is -0.384 e. The molecule has 0 saturated heterocycles. The van der Waals surface area contributed by atoms with Crippen LogP contribution in [-0.2, 0) is 5.75 Å². The second kappa shape index (κ2) is 7.78. The fraction of sp³-hybridized carbons (Fsp3) is 0.538. The van der Waals surface area contributed by atoms with Crippen LogP contribution in [0.25, 0.3) is 0 Å². The van der Waals surface area contributed by atoms with Crippen molar-refractivity contribution in [3.8, 4) is 11.8 Å². The minimum absolute atomic E-state index is 0.0616. The van der Waals surface area contributed by atoms with Crippen LogP contribution in [0.1, 0.15) is 30.7 Å². The van der Waals surface area contributed by atoms with Gasteiger partial charge in [0.2, 0.25) is 0 Å². The van der Waals surface area contributed by atoms with Gasteiger partial charge in [-0.05, 0) is 17.7 Å². The minimum atomic E-state index is -0.0616. The Kier molecular flexibility index (Phi) is 6.63. The van der Waals surface area contributed by atoms with Crippen LogP contribution < -0.4 is 0 Å². The number of aliphatic hydroxyl groups excluding tert-OH is 1.